The Bertz CT molecular complexity index is 428. The molecule has 6 heteroatoms. The molecule has 1 saturated carbocycles. The minimum atomic E-state index is -0.585. The van der Waals surface area contributed by atoms with Crippen LogP contribution in [0.15, 0.2) is 40.0 Å². The van der Waals surface area contributed by atoms with Gasteiger partial charge in [0.05, 0.1) is 5.03 Å². The highest BCUT2D eigenvalue weighted by Crippen LogP contribution is 2.35. The van der Waals surface area contributed by atoms with Crippen molar-refractivity contribution in [3.63, 3.8) is 0 Å². The van der Waals surface area contributed by atoms with Crippen molar-refractivity contribution in [2.24, 2.45) is 10.9 Å². The van der Waals surface area contributed by atoms with Crippen molar-refractivity contribution in [3.05, 3.63) is 39.7 Å². The Morgan fingerprint density at radius 3 is 2.68 bits per heavy atom. The number of nitrogens with one attached hydrogen (secondary N) is 1. The third kappa shape index (κ3) is 3.88. The fraction of sp³-hybridized carbons (Fsp3) is 0.538. The number of nitrogens with zero attached hydrogens (tertiary/aromatic N) is 1. The lowest BCUT2D eigenvalue weighted by Crippen LogP contribution is -2.44. The molecule has 0 spiro atoms. The fourth-order valence-electron chi connectivity index (χ4n) is 1.81. The van der Waals surface area contributed by atoms with Gasteiger partial charge in [-0.3, -0.25) is 0 Å². The van der Waals surface area contributed by atoms with Crippen LogP contribution in [0.2, 0.25) is 0 Å². The summed E-state index contributed by atoms with van der Waals surface area (Å²) in [6.07, 6.45) is 4.00. The van der Waals surface area contributed by atoms with Gasteiger partial charge in [0.1, 0.15) is 11.4 Å². The molecule has 0 atom stereocenters. The summed E-state index contributed by atoms with van der Waals surface area (Å²) >= 11 is 5.90. The van der Waals surface area contributed by atoms with Crippen LogP contribution in [0.5, 0.6) is 0 Å². The zero-order valence-electron chi connectivity index (χ0n) is 11.0. The monoisotopic (exact) mass is 287 g/mol. The summed E-state index contributed by atoms with van der Waals surface area (Å²) in [5.41, 5.74) is 5.34. The fourth-order valence-corrected chi connectivity index (χ4v) is 2.02. The maximum Gasteiger partial charge on any atom is 0.146 e. The largest absolute Gasteiger partial charge is 0.382 e. The number of nitrogens with two attached hydrogens (primary N) is 1. The third-order valence-corrected chi connectivity index (χ3v) is 3.73. The smallest absolute Gasteiger partial charge is 0.146 e. The maximum absolute atomic E-state index is 13.9. The summed E-state index contributed by atoms with van der Waals surface area (Å²) in [7, 11) is 0. The van der Waals surface area contributed by atoms with E-state index in [4.69, 9.17) is 17.3 Å². The molecule has 0 aromatic carbocycles. The Morgan fingerprint density at radius 2 is 2.26 bits per heavy atom. The highest BCUT2D eigenvalue weighted by molar-refractivity contribution is 6.32. The molecule has 0 saturated heterocycles. The van der Waals surface area contributed by atoms with E-state index in [9.17, 15) is 9.30 Å². The van der Waals surface area contributed by atoms with Crippen molar-refractivity contribution in [3.8, 4) is 0 Å². The molecule has 1 aliphatic carbocycles. The Hall–Kier alpha value is -1.20. The first kappa shape index (κ1) is 15.9. The van der Waals surface area contributed by atoms with Crippen LogP contribution in [0.4, 0.5) is 4.39 Å². The quantitative estimate of drug-likeness (QED) is 0.558. The standard InChI is InChI=1S/C13H19ClFN3O/c1-9(4-7-16)12(15)11(14)10(2)17-8-13(18-19)5-3-6-13/h4,17H,2-3,5-8,16H2,1H3/b9-4-,12-11-. The summed E-state index contributed by atoms with van der Waals surface area (Å²) in [5.74, 6) is -0.564. The van der Waals surface area contributed by atoms with Gasteiger partial charge in [0.25, 0.3) is 0 Å². The molecule has 1 fully saturated rings. The third-order valence-electron chi connectivity index (χ3n) is 3.34. The molecule has 0 aromatic rings. The van der Waals surface area contributed by atoms with Gasteiger partial charge in [-0.05, 0) is 31.8 Å². The number of allylic oxidation sites excluding steroid dienone is 3. The van der Waals surface area contributed by atoms with Gasteiger partial charge in [0.15, 0.2) is 0 Å². The molecule has 0 aromatic heterocycles. The molecule has 0 aliphatic heterocycles. The molecule has 1 rings (SSSR count). The van der Waals surface area contributed by atoms with Crippen LogP contribution in [0.1, 0.15) is 26.2 Å². The van der Waals surface area contributed by atoms with E-state index in [1.807, 2.05) is 0 Å². The average Bonchev–Trinajstić information content (AvgIpc) is 2.36. The second kappa shape index (κ2) is 6.82. The number of halogens is 2. The van der Waals surface area contributed by atoms with Gasteiger partial charge in [0.2, 0.25) is 0 Å². The molecular weight excluding hydrogens is 269 g/mol. The summed E-state index contributed by atoms with van der Waals surface area (Å²) < 4.78 is 13.9. The molecule has 19 heavy (non-hydrogen) atoms. The van der Waals surface area contributed by atoms with E-state index in [1.165, 1.54) is 6.08 Å². The lowest BCUT2D eigenvalue weighted by molar-refractivity contribution is 0.246. The zero-order chi connectivity index (χ0) is 14.5. The summed E-state index contributed by atoms with van der Waals surface area (Å²) in [4.78, 5) is 10.8. The predicted molar refractivity (Wildman–Crippen MR) is 76.3 cm³/mol. The Kier molecular flexibility index (Phi) is 5.69. The first-order valence-corrected chi connectivity index (χ1v) is 6.54. The van der Waals surface area contributed by atoms with Gasteiger partial charge < -0.3 is 11.1 Å². The molecule has 4 nitrogen and oxygen atoms in total. The molecule has 3 N–H and O–H groups in total. The van der Waals surface area contributed by atoms with Crippen LogP contribution in [0.25, 0.3) is 0 Å². The molecule has 1 aliphatic rings. The molecule has 0 unspecified atom stereocenters. The molecule has 0 radical (unpaired) electrons. The summed E-state index contributed by atoms with van der Waals surface area (Å²) in [6, 6.07) is 0. The van der Waals surface area contributed by atoms with Gasteiger partial charge in [-0.15, -0.1) is 0 Å². The SMILES string of the molecule is C=C(NCC1(N=O)CCC1)/C(Cl)=C(F)\C(C)=C/CN. The van der Waals surface area contributed by atoms with Crippen LogP contribution in [0.3, 0.4) is 0 Å². The van der Waals surface area contributed by atoms with Crippen LogP contribution >= 0.6 is 11.6 Å². The second-order valence-corrected chi connectivity index (χ2v) is 5.13. The lowest BCUT2D eigenvalue weighted by Gasteiger charge is -2.35. The van der Waals surface area contributed by atoms with E-state index >= 15 is 0 Å². The number of hydrogen-bond donors (Lipinski definition) is 2. The van der Waals surface area contributed by atoms with E-state index in [2.05, 4.69) is 17.1 Å². The van der Waals surface area contributed by atoms with Crippen molar-refractivity contribution in [2.75, 3.05) is 13.1 Å². The van der Waals surface area contributed by atoms with Gasteiger partial charge in [-0.1, -0.05) is 29.4 Å². The van der Waals surface area contributed by atoms with Gasteiger partial charge in [-0.25, -0.2) is 4.39 Å². The predicted octanol–water partition coefficient (Wildman–Crippen LogP) is 3.10. The van der Waals surface area contributed by atoms with Crippen molar-refractivity contribution >= 4 is 11.6 Å². The van der Waals surface area contributed by atoms with Crippen molar-refractivity contribution in [1.29, 1.82) is 0 Å². The van der Waals surface area contributed by atoms with Crippen molar-refractivity contribution in [2.45, 2.75) is 31.7 Å². The Morgan fingerprint density at radius 1 is 1.63 bits per heavy atom. The Balaban J connectivity index is 2.64. The first-order valence-electron chi connectivity index (χ1n) is 6.16. The van der Waals surface area contributed by atoms with Crippen molar-refractivity contribution in [1.82, 2.24) is 5.32 Å². The maximum atomic E-state index is 13.9. The average molecular weight is 288 g/mol. The highest BCUT2D eigenvalue weighted by atomic mass is 35.5. The molecular formula is C13H19ClFN3O. The van der Waals surface area contributed by atoms with Crippen LogP contribution in [-0.2, 0) is 0 Å². The minimum absolute atomic E-state index is 0.0948. The highest BCUT2D eigenvalue weighted by Gasteiger charge is 2.38. The van der Waals surface area contributed by atoms with Crippen molar-refractivity contribution < 1.29 is 4.39 Å². The van der Waals surface area contributed by atoms with Crippen LogP contribution in [-0.4, -0.2) is 18.6 Å². The second-order valence-electron chi connectivity index (χ2n) is 4.75. The van der Waals surface area contributed by atoms with E-state index in [0.717, 1.165) is 19.3 Å². The van der Waals surface area contributed by atoms with E-state index in [1.54, 1.807) is 6.92 Å². The van der Waals surface area contributed by atoms with Gasteiger partial charge in [0, 0.05) is 18.8 Å². The summed E-state index contributed by atoms with van der Waals surface area (Å²) in [5, 5.41) is 5.91. The van der Waals surface area contributed by atoms with Crippen LogP contribution < -0.4 is 11.1 Å². The van der Waals surface area contributed by atoms with E-state index < -0.39 is 11.4 Å². The first-order chi connectivity index (χ1) is 8.95. The topological polar surface area (TPSA) is 67.5 Å². The number of nitroso groups, excluding NO2 is 1. The van der Waals surface area contributed by atoms with Crippen LogP contribution in [0, 0.1) is 4.91 Å². The molecule has 106 valence electrons. The van der Waals surface area contributed by atoms with E-state index in [-0.39, 0.29) is 17.3 Å². The molecule has 0 heterocycles. The lowest BCUT2D eigenvalue weighted by atomic mass is 9.77. The number of hydrogen-bond acceptors (Lipinski definition) is 4. The molecule has 0 amide bonds. The van der Waals surface area contributed by atoms with E-state index in [0.29, 0.717) is 12.1 Å². The summed E-state index contributed by atoms with van der Waals surface area (Å²) in [6.45, 7) is 5.82. The number of rotatable bonds is 7. The minimum Gasteiger partial charge on any atom is -0.382 e. The normalized spacial score (nSPS) is 19.3. The van der Waals surface area contributed by atoms with Gasteiger partial charge in [-0.2, -0.15) is 4.91 Å². The molecule has 0 bridgehead atoms. The zero-order valence-corrected chi connectivity index (χ0v) is 11.8. The van der Waals surface area contributed by atoms with Gasteiger partial charge >= 0.3 is 0 Å². The Labute approximate surface area is 117 Å².